The van der Waals surface area contributed by atoms with Gasteiger partial charge in [0.25, 0.3) is 5.91 Å². The summed E-state index contributed by atoms with van der Waals surface area (Å²) >= 11 is 0. The maximum atomic E-state index is 13.1. The predicted molar refractivity (Wildman–Crippen MR) is 143 cm³/mol. The first kappa shape index (κ1) is 26.4. The molecule has 0 saturated heterocycles. The molecular weight excluding hydrogens is 482 g/mol. The molecule has 3 aromatic rings. The highest BCUT2D eigenvalue weighted by Gasteiger charge is 2.24. The number of nitriles is 1. The molecule has 3 N–H and O–H groups in total. The Balaban J connectivity index is 1.40. The van der Waals surface area contributed by atoms with Crippen LogP contribution in [0, 0.1) is 18.3 Å². The molecule has 1 aliphatic rings. The minimum Gasteiger partial charge on any atom is -0.480 e. The minimum atomic E-state index is -1.13. The van der Waals surface area contributed by atoms with Crippen molar-refractivity contribution in [3.05, 3.63) is 94.2 Å². The molecule has 0 spiro atoms. The van der Waals surface area contributed by atoms with Gasteiger partial charge in [0.05, 0.1) is 11.6 Å². The number of ether oxygens (including phenoxy) is 1. The molecule has 9 nitrogen and oxygen atoms in total. The maximum absolute atomic E-state index is 13.1. The Morgan fingerprint density at radius 1 is 1.21 bits per heavy atom. The number of benzene rings is 2. The number of hydrogen-bond donors (Lipinski definition) is 3. The lowest BCUT2D eigenvalue weighted by molar-refractivity contribution is -0.139. The summed E-state index contributed by atoms with van der Waals surface area (Å²) in [5.74, 6) is -0.276. The van der Waals surface area contributed by atoms with E-state index in [1.165, 1.54) is 0 Å². The van der Waals surface area contributed by atoms with Crippen molar-refractivity contribution in [1.82, 2.24) is 10.3 Å². The van der Waals surface area contributed by atoms with Gasteiger partial charge in [-0.25, -0.2) is 14.8 Å². The van der Waals surface area contributed by atoms with E-state index >= 15 is 0 Å². The smallest absolute Gasteiger partial charge is 0.326 e. The standard InChI is InChI=1S/C29H29N5O4/c1-3-21-13-20(15-30)12-18(2)26(21)27(35)34-24(29(36)37)14-19-7-9-22(10-8-19)28-33-23(17-38-28)16-32-25-6-4-5-11-31-25/h4-13,23-24H,3,14,16-17H2,1-2H3,(H,31,32)(H,34,35)(H,36,37). The van der Waals surface area contributed by atoms with Crippen molar-refractivity contribution in [2.75, 3.05) is 18.5 Å². The van der Waals surface area contributed by atoms with Crippen molar-refractivity contribution in [3.63, 3.8) is 0 Å². The predicted octanol–water partition coefficient (Wildman–Crippen LogP) is 3.51. The lowest BCUT2D eigenvalue weighted by Crippen LogP contribution is -2.42. The van der Waals surface area contributed by atoms with Crippen LogP contribution in [0.2, 0.25) is 0 Å². The Labute approximate surface area is 221 Å². The molecule has 38 heavy (non-hydrogen) atoms. The number of anilines is 1. The van der Waals surface area contributed by atoms with E-state index in [1.54, 1.807) is 25.3 Å². The number of aryl methyl sites for hydroxylation is 2. The van der Waals surface area contributed by atoms with Gasteiger partial charge in [-0.2, -0.15) is 5.26 Å². The number of amides is 1. The summed E-state index contributed by atoms with van der Waals surface area (Å²) in [6.45, 7) is 4.69. The second-order valence-corrected chi connectivity index (χ2v) is 9.05. The van der Waals surface area contributed by atoms with E-state index in [0.717, 1.165) is 16.9 Å². The minimum absolute atomic E-state index is 0.0445. The van der Waals surface area contributed by atoms with E-state index in [2.05, 4.69) is 26.7 Å². The fourth-order valence-electron chi connectivity index (χ4n) is 4.35. The van der Waals surface area contributed by atoms with Gasteiger partial charge >= 0.3 is 5.97 Å². The molecule has 1 amide bonds. The Morgan fingerprint density at radius 2 is 2.00 bits per heavy atom. The van der Waals surface area contributed by atoms with Crippen molar-refractivity contribution < 1.29 is 19.4 Å². The molecule has 2 unspecified atom stereocenters. The number of aliphatic imine (C=N–C) groups is 1. The highest BCUT2D eigenvalue weighted by molar-refractivity contribution is 5.99. The Morgan fingerprint density at radius 3 is 2.66 bits per heavy atom. The number of carboxylic acid groups (broad SMARTS) is 1. The van der Waals surface area contributed by atoms with Gasteiger partial charge in [0, 0.05) is 30.3 Å². The quantitative estimate of drug-likeness (QED) is 0.379. The maximum Gasteiger partial charge on any atom is 0.326 e. The summed E-state index contributed by atoms with van der Waals surface area (Å²) in [7, 11) is 0. The number of nitrogens with zero attached hydrogens (tertiary/aromatic N) is 3. The highest BCUT2D eigenvalue weighted by Crippen LogP contribution is 2.19. The summed E-state index contributed by atoms with van der Waals surface area (Å²) < 4.78 is 5.77. The van der Waals surface area contributed by atoms with Crippen molar-refractivity contribution in [2.24, 2.45) is 4.99 Å². The van der Waals surface area contributed by atoms with E-state index in [1.807, 2.05) is 49.4 Å². The third-order valence-electron chi connectivity index (χ3n) is 6.29. The van der Waals surface area contributed by atoms with Crippen LogP contribution in [0.25, 0.3) is 0 Å². The third kappa shape index (κ3) is 6.34. The van der Waals surface area contributed by atoms with Crippen LogP contribution in [-0.4, -0.2) is 53.1 Å². The largest absolute Gasteiger partial charge is 0.480 e. The SMILES string of the molecule is CCc1cc(C#N)cc(C)c1C(=O)NC(Cc1ccc(C2=NC(CNc3ccccn3)CO2)cc1)C(=O)O. The fourth-order valence-corrected chi connectivity index (χ4v) is 4.35. The number of nitrogens with one attached hydrogen (secondary N) is 2. The van der Waals surface area contributed by atoms with E-state index in [9.17, 15) is 20.0 Å². The molecule has 194 valence electrons. The lowest BCUT2D eigenvalue weighted by atomic mass is 9.95. The van der Waals surface area contributed by atoms with Crippen molar-refractivity contribution in [1.29, 1.82) is 5.26 Å². The molecule has 0 radical (unpaired) electrons. The monoisotopic (exact) mass is 511 g/mol. The van der Waals surface area contributed by atoms with Gasteiger partial charge in [-0.3, -0.25) is 4.79 Å². The molecule has 0 bridgehead atoms. The van der Waals surface area contributed by atoms with Gasteiger partial charge in [-0.05, 0) is 66.4 Å². The summed E-state index contributed by atoms with van der Waals surface area (Å²) in [5.41, 5.74) is 3.77. The summed E-state index contributed by atoms with van der Waals surface area (Å²) in [6.07, 6.45) is 2.38. The third-order valence-corrected chi connectivity index (χ3v) is 6.29. The summed E-state index contributed by atoms with van der Waals surface area (Å²) in [4.78, 5) is 33.9. The number of aromatic nitrogens is 1. The van der Waals surface area contributed by atoms with E-state index < -0.39 is 17.9 Å². The van der Waals surface area contributed by atoms with Gasteiger partial charge in [0.15, 0.2) is 0 Å². The Hall–Kier alpha value is -4.71. The molecule has 2 atom stereocenters. The van der Waals surface area contributed by atoms with Gasteiger partial charge in [-0.15, -0.1) is 0 Å². The molecule has 1 aliphatic heterocycles. The zero-order valence-corrected chi connectivity index (χ0v) is 21.3. The van der Waals surface area contributed by atoms with Crippen LogP contribution < -0.4 is 10.6 Å². The van der Waals surface area contributed by atoms with Crippen molar-refractivity contribution in [2.45, 2.75) is 38.8 Å². The molecule has 2 aromatic carbocycles. The number of aliphatic carboxylic acids is 1. The fraction of sp³-hybridized carbons (Fsp3) is 0.276. The average molecular weight is 512 g/mol. The topological polar surface area (TPSA) is 137 Å². The normalized spacial score (nSPS) is 15.1. The first-order chi connectivity index (χ1) is 18.4. The number of pyridine rings is 1. The summed E-state index contributed by atoms with van der Waals surface area (Å²) in [6, 6.07) is 17.2. The highest BCUT2D eigenvalue weighted by atomic mass is 16.5. The van der Waals surface area contributed by atoms with E-state index in [-0.39, 0.29) is 12.5 Å². The lowest BCUT2D eigenvalue weighted by Gasteiger charge is -2.18. The Kier molecular flexibility index (Phi) is 8.34. The second kappa shape index (κ2) is 12.0. The molecule has 9 heteroatoms. The number of carboxylic acids is 1. The molecule has 2 heterocycles. The number of rotatable bonds is 10. The molecule has 4 rings (SSSR count). The number of carbonyl (C=O) groups is 2. The van der Waals surface area contributed by atoms with E-state index in [0.29, 0.717) is 47.7 Å². The zero-order valence-electron chi connectivity index (χ0n) is 21.3. The van der Waals surface area contributed by atoms with Gasteiger partial charge in [0.1, 0.15) is 24.5 Å². The number of hydrogen-bond acceptors (Lipinski definition) is 7. The first-order valence-corrected chi connectivity index (χ1v) is 12.4. The molecule has 0 fully saturated rings. The molecule has 1 aromatic heterocycles. The molecular formula is C29H29N5O4. The summed E-state index contributed by atoms with van der Waals surface area (Å²) in [5, 5.41) is 24.9. The van der Waals surface area contributed by atoms with Crippen LogP contribution in [0.1, 0.15) is 45.1 Å². The first-order valence-electron chi connectivity index (χ1n) is 12.4. The van der Waals surface area contributed by atoms with Gasteiger partial charge in [-0.1, -0.05) is 25.1 Å². The van der Waals surface area contributed by atoms with Crippen LogP contribution >= 0.6 is 0 Å². The van der Waals surface area contributed by atoms with Crippen LogP contribution in [0.3, 0.4) is 0 Å². The van der Waals surface area contributed by atoms with Crippen LogP contribution in [0.5, 0.6) is 0 Å². The van der Waals surface area contributed by atoms with Crippen molar-refractivity contribution in [3.8, 4) is 6.07 Å². The second-order valence-electron chi connectivity index (χ2n) is 9.05. The molecule has 0 aliphatic carbocycles. The van der Waals surface area contributed by atoms with E-state index in [4.69, 9.17) is 4.74 Å². The zero-order chi connectivity index (χ0) is 27.1. The van der Waals surface area contributed by atoms with Gasteiger partial charge < -0.3 is 20.5 Å². The van der Waals surface area contributed by atoms with Crippen LogP contribution in [0.15, 0.2) is 65.8 Å². The van der Waals surface area contributed by atoms with Crippen LogP contribution in [-0.2, 0) is 22.4 Å². The Bertz CT molecular complexity index is 1380. The van der Waals surface area contributed by atoms with Gasteiger partial charge in [0.2, 0.25) is 5.90 Å². The molecule has 0 saturated carbocycles. The number of carbonyl (C=O) groups excluding carboxylic acids is 1. The average Bonchev–Trinajstić information content (AvgIpc) is 3.41. The van der Waals surface area contributed by atoms with Crippen LogP contribution in [0.4, 0.5) is 5.82 Å². The van der Waals surface area contributed by atoms with Crippen molar-refractivity contribution >= 4 is 23.6 Å².